The van der Waals surface area contributed by atoms with Crippen LogP contribution in [0.3, 0.4) is 0 Å². The van der Waals surface area contributed by atoms with Crippen LogP contribution in [0.5, 0.6) is 0 Å². The van der Waals surface area contributed by atoms with Gasteiger partial charge in [0, 0.05) is 0 Å². The van der Waals surface area contributed by atoms with Crippen LogP contribution in [0.15, 0.2) is 110 Å². The summed E-state index contributed by atoms with van der Waals surface area (Å²) in [5.41, 5.74) is 9.57. The van der Waals surface area contributed by atoms with E-state index in [-0.39, 0.29) is 0 Å². The summed E-state index contributed by atoms with van der Waals surface area (Å²) < 4.78 is 0. The van der Waals surface area contributed by atoms with E-state index in [9.17, 15) is 0 Å². The minimum atomic E-state index is 1.12. The Morgan fingerprint density at radius 3 is 1.39 bits per heavy atom. The predicted octanol–water partition coefficient (Wildman–Crippen LogP) is 7.97. The van der Waals surface area contributed by atoms with Crippen molar-refractivity contribution in [2.75, 3.05) is 0 Å². The van der Waals surface area contributed by atoms with Crippen LogP contribution in [0, 0.1) is 0 Å². The molecule has 0 saturated heterocycles. The Labute approximate surface area is 167 Å². The molecule has 0 amide bonds. The van der Waals surface area contributed by atoms with Gasteiger partial charge in [0.05, 0.1) is 0 Å². The van der Waals surface area contributed by atoms with Gasteiger partial charge in [0.2, 0.25) is 0 Å². The van der Waals surface area contributed by atoms with Gasteiger partial charge in [-0.3, -0.25) is 0 Å². The second-order valence-corrected chi connectivity index (χ2v) is 6.75. The summed E-state index contributed by atoms with van der Waals surface area (Å²) >= 11 is 0. The van der Waals surface area contributed by atoms with Gasteiger partial charge in [0.15, 0.2) is 0 Å². The molecule has 0 aliphatic heterocycles. The molecule has 0 saturated carbocycles. The minimum absolute atomic E-state index is 1.12. The van der Waals surface area contributed by atoms with E-state index in [1.54, 1.807) is 0 Å². The molecule has 4 aromatic rings. The molecule has 0 unspecified atom stereocenters. The Hall–Kier alpha value is -3.64. The third kappa shape index (κ3) is 3.45. The minimum Gasteiger partial charge on any atom is -0.0985 e. The average Bonchev–Trinajstić information content (AvgIpc) is 2.79. The lowest BCUT2D eigenvalue weighted by molar-refractivity contribution is 1.55. The van der Waals surface area contributed by atoms with Gasteiger partial charge in [-0.25, -0.2) is 0 Å². The van der Waals surface area contributed by atoms with E-state index >= 15 is 0 Å². The van der Waals surface area contributed by atoms with Gasteiger partial charge in [-0.2, -0.15) is 0 Å². The van der Waals surface area contributed by atoms with Crippen LogP contribution in [-0.4, -0.2) is 0 Å². The van der Waals surface area contributed by atoms with Crippen molar-refractivity contribution in [3.63, 3.8) is 0 Å². The molecule has 0 heteroatoms. The molecule has 0 aliphatic carbocycles. The summed E-state index contributed by atoms with van der Waals surface area (Å²) in [4.78, 5) is 0. The molecule has 0 atom stereocenters. The molecule has 0 heterocycles. The van der Waals surface area contributed by atoms with Gasteiger partial charge < -0.3 is 0 Å². The smallest absolute Gasteiger partial charge is 0.00268 e. The maximum atomic E-state index is 3.87. The molecule has 0 aromatic heterocycles. The Morgan fingerprint density at radius 1 is 0.429 bits per heavy atom. The number of rotatable bonds is 5. The maximum Gasteiger partial charge on any atom is -0.00268 e. The van der Waals surface area contributed by atoms with Crippen molar-refractivity contribution < 1.29 is 0 Å². The average molecular weight is 358 g/mol. The lowest BCUT2D eigenvalue weighted by Gasteiger charge is -2.16. The highest BCUT2D eigenvalue weighted by Crippen LogP contribution is 2.40. The standard InChI is InChI=1S/C28H22/c1-3-21-13-17-24(18-14-21)27-12-8-11-26(23-9-6-5-7-10-23)28(27)25-19-15-22(4-2)16-20-25/h3-20H,1-2H2. The van der Waals surface area contributed by atoms with Crippen LogP contribution in [0.4, 0.5) is 0 Å². The van der Waals surface area contributed by atoms with Crippen LogP contribution in [0.1, 0.15) is 11.1 Å². The SMILES string of the molecule is C=Cc1ccc(-c2cccc(-c3ccccc3)c2-c2ccc(C=C)cc2)cc1. The van der Waals surface area contributed by atoms with Crippen molar-refractivity contribution >= 4 is 12.2 Å². The van der Waals surface area contributed by atoms with Gasteiger partial charge in [0.1, 0.15) is 0 Å². The normalized spacial score (nSPS) is 10.4. The molecule has 0 aliphatic rings. The van der Waals surface area contributed by atoms with Crippen LogP contribution >= 0.6 is 0 Å². The molecular formula is C28H22. The highest BCUT2D eigenvalue weighted by molar-refractivity contribution is 5.94. The molecule has 134 valence electrons. The Balaban J connectivity index is 1.97. The Kier molecular flexibility index (Phi) is 5.03. The molecule has 0 radical (unpaired) electrons. The van der Waals surface area contributed by atoms with Gasteiger partial charge >= 0.3 is 0 Å². The fraction of sp³-hybridized carbons (Fsp3) is 0. The molecule has 4 aromatic carbocycles. The summed E-state index contributed by atoms with van der Waals surface area (Å²) in [7, 11) is 0. The first kappa shape index (κ1) is 17.8. The highest BCUT2D eigenvalue weighted by atomic mass is 14.2. The Morgan fingerprint density at radius 2 is 0.893 bits per heavy atom. The van der Waals surface area contributed by atoms with Crippen molar-refractivity contribution in [2.45, 2.75) is 0 Å². The van der Waals surface area contributed by atoms with E-state index in [0.29, 0.717) is 0 Å². The van der Waals surface area contributed by atoms with Gasteiger partial charge in [-0.15, -0.1) is 0 Å². The maximum absolute atomic E-state index is 3.87. The van der Waals surface area contributed by atoms with Crippen molar-refractivity contribution in [3.05, 3.63) is 121 Å². The fourth-order valence-corrected chi connectivity index (χ4v) is 3.55. The van der Waals surface area contributed by atoms with Gasteiger partial charge in [-0.05, 0) is 44.5 Å². The molecule has 28 heavy (non-hydrogen) atoms. The lowest BCUT2D eigenvalue weighted by Crippen LogP contribution is -1.91. The van der Waals surface area contributed by atoms with Crippen LogP contribution in [0.2, 0.25) is 0 Å². The van der Waals surface area contributed by atoms with Crippen molar-refractivity contribution in [2.24, 2.45) is 0 Å². The zero-order valence-electron chi connectivity index (χ0n) is 15.8. The summed E-state index contributed by atoms with van der Waals surface area (Å²) in [6.07, 6.45) is 3.75. The van der Waals surface area contributed by atoms with Crippen LogP contribution in [-0.2, 0) is 0 Å². The van der Waals surface area contributed by atoms with E-state index in [2.05, 4.69) is 110 Å². The topological polar surface area (TPSA) is 0 Å². The molecular weight excluding hydrogens is 336 g/mol. The summed E-state index contributed by atoms with van der Waals surface area (Å²) in [5.74, 6) is 0. The van der Waals surface area contributed by atoms with E-state index < -0.39 is 0 Å². The monoisotopic (exact) mass is 358 g/mol. The molecule has 4 rings (SSSR count). The van der Waals surface area contributed by atoms with E-state index in [0.717, 1.165) is 11.1 Å². The first-order valence-electron chi connectivity index (χ1n) is 9.44. The first-order chi connectivity index (χ1) is 13.8. The molecule has 0 spiro atoms. The van der Waals surface area contributed by atoms with Gasteiger partial charge in [0.25, 0.3) is 0 Å². The first-order valence-corrected chi connectivity index (χ1v) is 9.44. The third-order valence-corrected chi connectivity index (χ3v) is 5.04. The second kappa shape index (κ2) is 7.94. The lowest BCUT2D eigenvalue weighted by atomic mass is 9.87. The molecule has 0 fully saturated rings. The van der Waals surface area contributed by atoms with E-state index in [1.165, 1.54) is 33.4 Å². The third-order valence-electron chi connectivity index (χ3n) is 5.04. The largest absolute Gasteiger partial charge is 0.0985 e. The zero-order valence-corrected chi connectivity index (χ0v) is 15.8. The molecule has 0 nitrogen and oxygen atoms in total. The quantitative estimate of drug-likeness (QED) is 0.339. The van der Waals surface area contributed by atoms with Crippen molar-refractivity contribution in [3.8, 4) is 33.4 Å². The van der Waals surface area contributed by atoms with Crippen molar-refractivity contribution in [1.29, 1.82) is 0 Å². The second-order valence-electron chi connectivity index (χ2n) is 6.75. The number of benzene rings is 4. The summed E-state index contributed by atoms with van der Waals surface area (Å²) in [5, 5.41) is 0. The van der Waals surface area contributed by atoms with Crippen LogP contribution in [0.25, 0.3) is 45.5 Å². The molecule has 0 N–H and O–H groups in total. The number of hydrogen-bond acceptors (Lipinski definition) is 0. The van der Waals surface area contributed by atoms with Crippen molar-refractivity contribution in [1.82, 2.24) is 0 Å². The zero-order chi connectivity index (χ0) is 19.3. The Bertz CT molecular complexity index is 1100. The summed E-state index contributed by atoms with van der Waals surface area (Å²) in [6.45, 7) is 7.73. The van der Waals surface area contributed by atoms with E-state index in [1.807, 2.05) is 12.2 Å². The van der Waals surface area contributed by atoms with E-state index in [4.69, 9.17) is 0 Å². The van der Waals surface area contributed by atoms with Crippen LogP contribution < -0.4 is 0 Å². The summed E-state index contributed by atoms with van der Waals surface area (Å²) in [6, 6.07) is 34.3. The molecule has 0 bridgehead atoms. The number of hydrogen-bond donors (Lipinski definition) is 0. The highest BCUT2D eigenvalue weighted by Gasteiger charge is 2.13. The fourth-order valence-electron chi connectivity index (χ4n) is 3.55. The van der Waals surface area contributed by atoms with Gasteiger partial charge in [-0.1, -0.05) is 122 Å². The predicted molar refractivity (Wildman–Crippen MR) is 123 cm³/mol.